The fraction of sp³-hybridized carbons (Fsp3) is 0.900. The van der Waals surface area contributed by atoms with Gasteiger partial charge in [0.2, 0.25) is 0 Å². The first-order valence-electron chi connectivity index (χ1n) is 5.45. The number of nitrogens with one attached hydrogen (secondary N) is 1. The van der Waals surface area contributed by atoms with E-state index in [0.717, 1.165) is 12.8 Å². The molecule has 0 aromatic carbocycles. The highest BCUT2D eigenvalue weighted by Gasteiger charge is 2.31. The average Bonchev–Trinajstić information content (AvgIpc) is 2.66. The molecule has 15 heavy (non-hydrogen) atoms. The van der Waals surface area contributed by atoms with E-state index in [0.29, 0.717) is 26.2 Å². The number of hydrogen-bond acceptors (Lipinski definition) is 5. The first-order valence-corrected chi connectivity index (χ1v) is 5.45. The van der Waals surface area contributed by atoms with Crippen LogP contribution in [0.15, 0.2) is 0 Å². The van der Waals surface area contributed by atoms with E-state index in [1.807, 2.05) is 0 Å². The van der Waals surface area contributed by atoms with Crippen molar-refractivity contribution in [2.45, 2.75) is 37.5 Å². The van der Waals surface area contributed by atoms with Crippen LogP contribution in [0.3, 0.4) is 0 Å². The summed E-state index contributed by atoms with van der Waals surface area (Å²) in [5, 5.41) is 12.2. The number of β-amino-alcohol motifs (C(OH)–C–C–N with tert-alkyl or cyclic N) is 1. The quantitative estimate of drug-likeness (QED) is 0.604. The average molecular weight is 215 g/mol. The van der Waals surface area contributed by atoms with Crippen LogP contribution in [0.4, 0.5) is 0 Å². The standard InChI is InChI=1S/C10H17NO4/c12-7-5-9(11-6-7)10(13)15-8-1-3-14-4-2-8/h7-9,11-12H,1-6H2. The van der Waals surface area contributed by atoms with Crippen LogP contribution in [0.5, 0.6) is 0 Å². The molecule has 0 spiro atoms. The molecule has 2 N–H and O–H groups in total. The highest BCUT2D eigenvalue weighted by Crippen LogP contribution is 2.14. The third kappa shape index (κ3) is 2.90. The van der Waals surface area contributed by atoms with Gasteiger partial charge >= 0.3 is 5.97 Å². The van der Waals surface area contributed by atoms with Crippen molar-refractivity contribution in [3.63, 3.8) is 0 Å². The Morgan fingerprint density at radius 3 is 2.73 bits per heavy atom. The van der Waals surface area contributed by atoms with Gasteiger partial charge in [-0.1, -0.05) is 0 Å². The Labute approximate surface area is 88.7 Å². The molecule has 2 aliphatic rings. The van der Waals surface area contributed by atoms with Crippen molar-refractivity contribution in [2.24, 2.45) is 0 Å². The molecule has 0 aromatic heterocycles. The maximum Gasteiger partial charge on any atom is 0.323 e. The molecule has 0 aromatic rings. The normalized spacial score (nSPS) is 32.9. The summed E-state index contributed by atoms with van der Waals surface area (Å²) in [5.74, 6) is -0.238. The fourth-order valence-electron chi connectivity index (χ4n) is 1.94. The summed E-state index contributed by atoms with van der Waals surface area (Å²) in [6.45, 7) is 1.81. The Kier molecular flexibility index (Phi) is 3.56. The summed E-state index contributed by atoms with van der Waals surface area (Å²) in [5.41, 5.74) is 0. The summed E-state index contributed by atoms with van der Waals surface area (Å²) >= 11 is 0. The Bertz CT molecular complexity index is 227. The number of carbonyl (C=O) groups excluding carboxylic acids is 1. The molecule has 0 saturated carbocycles. The Morgan fingerprint density at radius 1 is 1.40 bits per heavy atom. The highest BCUT2D eigenvalue weighted by atomic mass is 16.6. The second-order valence-corrected chi connectivity index (χ2v) is 4.10. The second kappa shape index (κ2) is 4.92. The minimum Gasteiger partial charge on any atom is -0.461 e. The van der Waals surface area contributed by atoms with E-state index in [4.69, 9.17) is 9.47 Å². The largest absolute Gasteiger partial charge is 0.461 e. The van der Waals surface area contributed by atoms with Gasteiger partial charge in [-0.15, -0.1) is 0 Å². The molecular weight excluding hydrogens is 198 g/mol. The third-order valence-corrected chi connectivity index (χ3v) is 2.84. The van der Waals surface area contributed by atoms with Gasteiger partial charge in [-0.25, -0.2) is 0 Å². The van der Waals surface area contributed by atoms with Crippen LogP contribution >= 0.6 is 0 Å². The lowest BCUT2D eigenvalue weighted by atomic mass is 10.1. The van der Waals surface area contributed by atoms with Gasteiger partial charge in [-0.2, -0.15) is 0 Å². The molecule has 2 rings (SSSR count). The van der Waals surface area contributed by atoms with Gasteiger partial charge in [0, 0.05) is 25.8 Å². The van der Waals surface area contributed by atoms with Crippen molar-refractivity contribution < 1.29 is 19.4 Å². The van der Waals surface area contributed by atoms with Gasteiger partial charge in [0.1, 0.15) is 12.1 Å². The zero-order valence-electron chi connectivity index (χ0n) is 8.65. The van der Waals surface area contributed by atoms with Gasteiger partial charge < -0.3 is 19.9 Å². The molecule has 86 valence electrons. The SMILES string of the molecule is O=C(OC1CCOCC1)C1CC(O)CN1. The van der Waals surface area contributed by atoms with Crippen molar-refractivity contribution in [1.29, 1.82) is 0 Å². The van der Waals surface area contributed by atoms with Gasteiger partial charge in [0.05, 0.1) is 19.3 Å². The number of ether oxygens (including phenoxy) is 2. The molecule has 0 radical (unpaired) electrons. The second-order valence-electron chi connectivity index (χ2n) is 4.10. The lowest BCUT2D eigenvalue weighted by molar-refractivity contribution is -0.155. The summed E-state index contributed by atoms with van der Waals surface area (Å²) in [4.78, 5) is 11.6. The molecule has 2 unspecified atom stereocenters. The van der Waals surface area contributed by atoms with Crippen molar-refractivity contribution in [1.82, 2.24) is 5.32 Å². The van der Waals surface area contributed by atoms with E-state index < -0.39 is 6.10 Å². The Balaban J connectivity index is 1.76. The number of rotatable bonds is 2. The third-order valence-electron chi connectivity index (χ3n) is 2.84. The number of aliphatic hydroxyl groups excluding tert-OH is 1. The van der Waals surface area contributed by atoms with Gasteiger partial charge in [-0.3, -0.25) is 4.79 Å². The molecule has 0 amide bonds. The van der Waals surface area contributed by atoms with Crippen LogP contribution in [0.25, 0.3) is 0 Å². The number of aliphatic hydroxyl groups is 1. The molecule has 2 fully saturated rings. The molecular formula is C10H17NO4. The van der Waals surface area contributed by atoms with E-state index in [-0.39, 0.29) is 18.1 Å². The van der Waals surface area contributed by atoms with Gasteiger partial charge in [0.15, 0.2) is 0 Å². The van der Waals surface area contributed by atoms with Gasteiger partial charge in [0.25, 0.3) is 0 Å². The molecule has 2 heterocycles. The van der Waals surface area contributed by atoms with Crippen LogP contribution in [0, 0.1) is 0 Å². The molecule has 0 aliphatic carbocycles. The van der Waals surface area contributed by atoms with E-state index in [1.165, 1.54) is 0 Å². The summed E-state index contributed by atoms with van der Waals surface area (Å²) in [6, 6.07) is -0.331. The van der Waals surface area contributed by atoms with Crippen LogP contribution in [0.1, 0.15) is 19.3 Å². The predicted octanol–water partition coefficient (Wildman–Crippen LogP) is -0.569. The predicted molar refractivity (Wildman–Crippen MR) is 52.3 cm³/mol. The lowest BCUT2D eigenvalue weighted by Crippen LogP contribution is -2.36. The van der Waals surface area contributed by atoms with Crippen LogP contribution in [-0.4, -0.2) is 49.1 Å². The molecule has 0 bridgehead atoms. The number of esters is 1. The molecule has 5 heteroatoms. The summed E-state index contributed by atoms with van der Waals surface area (Å²) in [7, 11) is 0. The minimum atomic E-state index is -0.419. The summed E-state index contributed by atoms with van der Waals surface area (Å²) in [6.07, 6.45) is 1.59. The zero-order chi connectivity index (χ0) is 10.7. The van der Waals surface area contributed by atoms with Crippen molar-refractivity contribution >= 4 is 5.97 Å². The smallest absolute Gasteiger partial charge is 0.323 e. The maximum atomic E-state index is 11.6. The van der Waals surface area contributed by atoms with Crippen LogP contribution < -0.4 is 5.32 Å². The molecule has 2 aliphatic heterocycles. The van der Waals surface area contributed by atoms with E-state index >= 15 is 0 Å². The van der Waals surface area contributed by atoms with E-state index in [9.17, 15) is 9.90 Å². The van der Waals surface area contributed by atoms with E-state index in [2.05, 4.69) is 5.32 Å². The lowest BCUT2D eigenvalue weighted by Gasteiger charge is -2.23. The first kappa shape index (κ1) is 10.9. The zero-order valence-corrected chi connectivity index (χ0v) is 8.65. The van der Waals surface area contributed by atoms with E-state index in [1.54, 1.807) is 0 Å². The fourth-order valence-corrected chi connectivity index (χ4v) is 1.94. The molecule has 2 saturated heterocycles. The summed E-state index contributed by atoms with van der Waals surface area (Å²) < 4.78 is 10.5. The highest BCUT2D eigenvalue weighted by molar-refractivity contribution is 5.76. The van der Waals surface area contributed by atoms with Crippen molar-refractivity contribution in [3.8, 4) is 0 Å². The van der Waals surface area contributed by atoms with Crippen LogP contribution in [0.2, 0.25) is 0 Å². The van der Waals surface area contributed by atoms with Crippen molar-refractivity contribution in [3.05, 3.63) is 0 Å². The van der Waals surface area contributed by atoms with Crippen LogP contribution in [-0.2, 0) is 14.3 Å². The molecule has 2 atom stereocenters. The van der Waals surface area contributed by atoms with Crippen molar-refractivity contribution in [2.75, 3.05) is 19.8 Å². The Morgan fingerprint density at radius 2 is 2.13 bits per heavy atom. The number of carbonyl (C=O) groups is 1. The molecule has 5 nitrogen and oxygen atoms in total. The first-order chi connectivity index (χ1) is 7.25. The maximum absolute atomic E-state index is 11.6. The number of hydrogen-bond donors (Lipinski definition) is 2. The van der Waals surface area contributed by atoms with Gasteiger partial charge in [-0.05, 0) is 0 Å². The Hall–Kier alpha value is -0.650. The topological polar surface area (TPSA) is 67.8 Å². The minimum absolute atomic E-state index is 0.00853. The monoisotopic (exact) mass is 215 g/mol.